The molecule has 0 saturated heterocycles. The van der Waals surface area contributed by atoms with E-state index in [-0.39, 0.29) is 5.78 Å². The van der Waals surface area contributed by atoms with Gasteiger partial charge < -0.3 is 4.74 Å². The van der Waals surface area contributed by atoms with Crippen LogP contribution in [-0.4, -0.2) is 12.9 Å². The van der Waals surface area contributed by atoms with Gasteiger partial charge in [0.25, 0.3) is 0 Å². The molecule has 0 bridgehead atoms. The predicted molar refractivity (Wildman–Crippen MR) is 64.3 cm³/mol. The third-order valence-electron chi connectivity index (χ3n) is 3.49. The number of Topliss-reactive ketones (excluding diaryl/α,β-unsaturated/α-hetero) is 1. The summed E-state index contributed by atoms with van der Waals surface area (Å²) in [6.45, 7) is 6.32. The quantitative estimate of drug-likeness (QED) is 0.761. The number of fused-ring (bicyclic) bond motifs is 1. The number of benzene rings is 1. The first-order chi connectivity index (χ1) is 7.56. The molecule has 0 fully saturated rings. The van der Waals surface area contributed by atoms with Crippen molar-refractivity contribution >= 4 is 5.78 Å². The number of carbonyl (C=O) groups is 1. The van der Waals surface area contributed by atoms with Crippen LogP contribution in [0.3, 0.4) is 0 Å². The number of methoxy groups -OCH3 is 1. The highest BCUT2D eigenvalue weighted by atomic mass is 16.5. The molecule has 0 aromatic heterocycles. The van der Waals surface area contributed by atoms with Gasteiger partial charge in [0.2, 0.25) is 0 Å². The zero-order chi connectivity index (χ0) is 11.9. The van der Waals surface area contributed by atoms with Crippen LogP contribution in [0.15, 0.2) is 12.1 Å². The van der Waals surface area contributed by atoms with E-state index in [1.54, 1.807) is 7.11 Å². The summed E-state index contributed by atoms with van der Waals surface area (Å²) in [6.07, 6.45) is 0.633. The monoisotopic (exact) mass is 218 g/mol. The fraction of sp³-hybridized carbons (Fsp3) is 0.500. The van der Waals surface area contributed by atoms with Crippen LogP contribution in [-0.2, 0) is 0 Å². The van der Waals surface area contributed by atoms with E-state index in [0.717, 1.165) is 22.4 Å². The SMILES string of the molecule is COc1ccc(C)c2c1C(C(C)C)CC2=O. The Morgan fingerprint density at radius 1 is 1.38 bits per heavy atom. The molecule has 0 amide bonds. The lowest BCUT2D eigenvalue weighted by atomic mass is 9.89. The normalized spacial score (nSPS) is 19.1. The Hall–Kier alpha value is -1.31. The fourth-order valence-corrected chi connectivity index (χ4v) is 2.60. The van der Waals surface area contributed by atoms with Gasteiger partial charge >= 0.3 is 0 Å². The zero-order valence-corrected chi connectivity index (χ0v) is 10.3. The van der Waals surface area contributed by atoms with Gasteiger partial charge in [0.15, 0.2) is 5.78 Å². The summed E-state index contributed by atoms with van der Waals surface area (Å²) in [5.74, 6) is 1.92. The van der Waals surface area contributed by atoms with Gasteiger partial charge in [-0.15, -0.1) is 0 Å². The number of rotatable bonds is 2. The van der Waals surface area contributed by atoms with Gasteiger partial charge in [0, 0.05) is 17.5 Å². The topological polar surface area (TPSA) is 26.3 Å². The summed E-state index contributed by atoms with van der Waals surface area (Å²) in [7, 11) is 1.67. The molecule has 2 rings (SSSR count). The van der Waals surface area contributed by atoms with Crippen LogP contribution < -0.4 is 4.74 Å². The van der Waals surface area contributed by atoms with Crippen molar-refractivity contribution in [2.75, 3.05) is 7.11 Å². The second-order valence-electron chi connectivity index (χ2n) is 4.85. The maximum absolute atomic E-state index is 12.0. The summed E-state index contributed by atoms with van der Waals surface area (Å²) >= 11 is 0. The first kappa shape index (κ1) is 11.2. The van der Waals surface area contributed by atoms with E-state index in [2.05, 4.69) is 13.8 Å². The number of hydrogen-bond acceptors (Lipinski definition) is 2. The van der Waals surface area contributed by atoms with Crippen molar-refractivity contribution in [1.82, 2.24) is 0 Å². The highest BCUT2D eigenvalue weighted by Gasteiger charge is 2.35. The number of aryl methyl sites for hydroxylation is 1. The number of carbonyl (C=O) groups excluding carboxylic acids is 1. The number of hydrogen-bond donors (Lipinski definition) is 0. The van der Waals surface area contributed by atoms with Crippen molar-refractivity contribution < 1.29 is 9.53 Å². The molecule has 0 aliphatic heterocycles. The summed E-state index contributed by atoms with van der Waals surface area (Å²) < 4.78 is 5.39. The third-order valence-corrected chi connectivity index (χ3v) is 3.49. The highest BCUT2D eigenvalue weighted by Crippen LogP contribution is 2.44. The van der Waals surface area contributed by atoms with Crippen molar-refractivity contribution in [1.29, 1.82) is 0 Å². The van der Waals surface area contributed by atoms with Gasteiger partial charge in [0.05, 0.1) is 7.11 Å². The van der Waals surface area contributed by atoms with Gasteiger partial charge in [0.1, 0.15) is 5.75 Å². The zero-order valence-electron chi connectivity index (χ0n) is 10.3. The van der Waals surface area contributed by atoms with Crippen molar-refractivity contribution in [2.24, 2.45) is 5.92 Å². The van der Waals surface area contributed by atoms with E-state index in [0.29, 0.717) is 18.3 Å². The molecule has 0 N–H and O–H groups in total. The molecule has 0 saturated carbocycles. The average Bonchev–Trinajstić information content (AvgIpc) is 2.58. The summed E-state index contributed by atoms with van der Waals surface area (Å²) in [5.41, 5.74) is 3.10. The maximum Gasteiger partial charge on any atom is 0.164 e. The van der Waals surface area contributed by atoms with Crippen LogP contribution in [0, 0.1) is 12.8 Å². The standard InChI is InChI=1S/C14H18O2/c1-8(2)10-7-11(15)13-9(3)5-6-12(16-4)14(10)13/h5-6,8,10H,7H2,1-4H3. The molecule has 1 aliphatic rings. The molecule has 1 aromatic rings. The van der Waals surface area contributed by atoms with E-state index >= 15 is 0 Å². The minimum atomic E-state index is 0.269. The maximum atomic E-state index is 12.0. The number of ketones is 1. The Balaban J connectivity index is 2.64. The molecule has 86 valence electrons. The molecule has 0 heterocycles. The van der Waals surface area contributed by atoms with E-state index in [1.165, 1.54) is 0 Å². The minimum Gasteiger partial charge on any atom is -0.496 e. The van der Waals surface area contributed by atoms with Gasteiger partial charge in [-0.1, -0.05) is 19.9 Å². The summed E-state index contributed by atoms with van der Waals surface area (Å²) in [6, 6.07) is 3.94. The lowest BCUT2D eigenvalue weighted by Gasteiger charge is -2.18. The first-order valence-corrected chi connectivity index (χ1v) is 5.77. The molecule has 1 aromatic carbocycles. The smallest absolute Gasteiger partial charge is 0.164 e. The second kappa shape index (κ2) is 3.93. The van der Waals surface area contributed by atoms with Crippen LogP contribution >= 0.6 is 0 Å². The second-order valence-corrected chi connectivity index (χ2v) is 4.85. The molecule has 1 atom stereocenters. The van der Waals surface area contributed by atoms with Gasteiger partial charge in [-0.3, -0.25) is 4.79 Å². The van der Waals surface area contributed by atoms with Crippen LogP contribution in [0.5, 0.6) is 5.75 Å². The van der Waals surface area contributed by atoms with Crippen LogP contribution in [0.2, 0.25) is 0 Å². The van der Waals surface area contributed by atoms with E-state index in [1.807, 2.05) is 19.1 Å². The molecular formula is C14H18O2. The van der Waals surface area contributed by atoms with Crippen LogP contribution in [0.25, 0.3) is 0 Å². The molecule has 2 nitrogen and oxygen atoms in total. The molecule has 2 heteroatoms. The summed E-state index contributed by atoms with van der Waals surface area (Å²) in [5, 5.41) is 0. The van der Waals surface area contributed by atoms with Crippen molar-refractivity contribution in [3.05, 3.63) is 28.8 Å². The Morgan fingerprint density at radius 2 is 2.06 bits per heavy atom. The Kier molecular flexibility index (Phi) is 2.75. The molecule has 0 spiro atoms. The van der Waals surface area contributed by atoms with Crippen LogP contribution in [0.4, 0.5) is 0 Å². The van der Waals surface area contributed by atoms with E-state index < -0.39 is 0 Å². The molecule has 1 unspecified atom stereocenters. The van der Waals surface area contributed by atoms with E-state index in [9.17, 15) is 4.79 Å². The lowest BCUT2D eigenvalue weighted by molar-refractivity contribution is 0.0984. The predicted octanol–water partition coefficient (Wildman–Crippen LogP) is 3.33. The molecule has 16 heavy (non-hydrogen) atoms. The largest absolute Gasteiger partial charge is 0.496 e. The Labute approximate surface area is 96.6 Å². The highest BCUT2D eigenvalue weighted by molar-refractivity contribution is 6.03. The van der Waals surface area contributed by atoms with Gasteiger partial charge in [-0.25, -0.2) is 0 Å². The summed E-state index contributed by atoms with van der Waals surface area (Å²) in [4.78, 5) is 12.0. The third kappa shape index (κ3) is 1.53. The van der Waals surface area contributed by atoms with E-state index in [4.69, 9.17) is 4.74 Å². The minimum absolute atomic E-state index is 0.269. The van der Waals surface area contributed by atoms with Crippen molar-refractivity contribution in [2.45, 2.75) is 33.1 Å². The molecule has 0 radical (unpaired) electrons. The fourth-order valence-electron chi connectivity index (χ4n) is 2.60. The Bertz CT molecular complexity index is 433. The molecule has 1 aliphatic carbocycles. The average molecular weight is 218 g/mol. The van der Waals surface area contributed by atoms with Crippen LogP contribution in [0.1, 0.15) is 47.7 Å². The Morgan fingerprint density at radius 3 is 2.62 bits per heavy atom. The lowest BCUT2D eigenvalue weighted by Crippen LogP contribution is -2.04. The van der Waals surface area contributed by atoms with Crippen molar-refractivity contribution in [3.8, 4) is 5.75 Å². The van der Waals surface area contributed by atoms with Crippen molar-refractivity contribution in [3.63, 3.8) is 0 Å². The first-order valence-electron chi connectivity index (χ1n) is 5.77. The van der Waals surface area contributed by atoms with Gasteiger partial charge in [-0.2, -0.15) is 0 Å². The van der Waals surface area contributed by atoms with Gasteiger partial charge in [-0.05, 0) is 30.4 Å². The molecular weight excluding hydrogens is 200 g/mol. The number of ether oxygens (including phenoxy) is 1.